The summed E-state index contributed by atoms with van der Waals surface area (Å²) in [6, 6.07) is 1.92. The van der Waals surface area contributed by atoms with Gasteiger partial charge < -0.3 is 10.2 Å². The van der Waals surface area contributed by atoms with Gasteiger partial charge in [0.25, 0.3) is 0 Å². The van der Waals surface area contributed by atoms with E-state index in [4.69, 9.17) is 0 Å². The minimum absolute atomic E-state index is 0.00628. The van der Waals surface area contributed by atoms with Crippen LogP contribution in [0.5, 0.6) is 0 Å². The zero-order chi connectivity index (χ0) is 16.5. The first-order valence-electron chi connectivity index (χ1n) is 7.70. The van der Waals surface area contributed by atoms with Crippen molar-refractivity contribution in [2.24, 2.45) is 0 Å². The highest BCUT2D eigenvalue weighted by Gasteiger charge is 2.32. The van der Waals surface area contributed by atoms with E-state index >= 15 is 0 Å². The second-order valence-electron chi connectivity index (χ2n) is 6.88. The maximum atomic E-state index is 11.7. The molecule has 0 spiro atoms. The third-order valence-corrected chi connectivity index (χ3v) is 5.36. The average Bonchev–Trinajstić information content (AvgIpc) is 2.67. The van der Waals surface area contributed by atoms with Gasteiger partial charge in [-0.05, 0) is 41.0 Å². The van der Waals surface area contributed by atoms with E-state index in [0.717, 1.165) is 18.2 Å². The molecule has 0 aliphatic carbocycles. The van der Waals surface area contributed by atoms with E-state index in [0.29, 0.717) is 12.2 Å². The van der Waals surface area contributed by atoms with Crippen LogP contribution in [-0.4, -0.2) is 48.0 Å². The summed E-state index contributed by atoms with van der Waals surface area (Å²) in [5.74, 6) is 2.73. The van der Waals surface area contributed by atoms with Crippen molar-refractivity contribution in [1.82, 2.24) is 9.97 Å². The van der Waals surface area contributed by atoms with Crippen molar-refractivity contribution in [2.45, 2.75) is 52.6 Å². The first-order chi connectivity index (χ1) is 10.1. The average molecular weight is 326 g/mol. The van der Waals surface area contributed by atoms with E-state index in [9.17, 15) is 8.42 Å². The van der Waals surface area contributed by atoms with Crippen molar-refractivity contribution < 1.29 is 8.42 Å². The molecule has 0 saturated carbocycles. The summed E-state index contributed by atoms with van der Waals surface area (Å²) in [6.07, 6.45) is 0.668. The lowest BCUT2D eigenvalue weighted by Gasteiger charge is -2.29. The molecule has 1 fully saturated rings. The number of rotatable bonds is 4. The minimum atomic E-state index is -2.91. The van der Waals surface area contributed by atoms with Crippen LogP contribution < -0.4 is 10.2 Å². The summed E-state index contributed by atoms with van der Waals surface area (Å²) in [7, 11) is -2.91. The summed E-state index contributed by atoms with van der Waals surface area (Å²) in [5.41, 5.74) is -0.0915. The van der Waals surface area contributed by atoms with Gasteiger partial charge >= 0.3 is 0 Å². The molecule has 124 valence electrons. The lowest BCUT2D eigenvalue weighted by atomic mass is 10.1. The van der Waals surface area contributed by atoms with Gasteiger partial charge in [0.15, 0.2) is 9.84 Å². The van der Waals surface area contributed by atoms with Gasteiger partial charge in [-0.3, -0.25) is 0 Å². The molecule has 1 aliphatic heterocycles. The molecule has 1 unspecified atom stereocenters. The largest absolute Gasteiger partial charge is 0.365 e. The smallest absolute Gasteiger partial charge is 0.152 e. The van der Waals surface area contributed by atoms with Crippen molar-refractivity contribution in [3.05, 3.63) is 11.9 Å². The standard InChI is InChI=1S/C15H26N4O2S/c1-6-19(12-7-8-22(20,21)10-12)14-9-13(16-11(2)17-14)18-15(3,4)5/h9,12H,6-8,10H2,1-5H3,(H,16,17,18). The topological polar surface area (TPSA) is 75.2 Å². The molecule has 22 heavy (non-hydrogen) atoms. The van der Waals surface area contributed by atoms with Crippen LogP contribution >= 0.6 is 0 Å². The fraction of sp³-hybridized carbons (Fsp3) is 0.733. The molecule has 2 heterocycles. The van der Waals surface area contributed by atoms with Crippen LogP contribution in [0.4, 0.5) is 11.6 Å². The zero-order valence-electron chi connectivity index (χ0n) is 14.0. The van der Waals surface area contributed by atoms with Gasteiger partial charge in [0.2, 0.25) is 0 Å². The van der Waals surface area contributed by atoms with Crippen molar-refractivity contribution >= 4 is 21.5 Å². The van der Waals surface area contributed by atoms with Crippen molar-refractivity contribution in [3.8, 4) is 0 Å². The van der Waals surface area contributed by atoms with Crippen LogP contribution in [0.25, 0.3) is 0 Å². The molecular weight excluding hydrogens is 300 g/mol. The van der Waals surface area contributed by atoms with Gasteiger partial charge in [-0.2, -0.15) is 0 Å². The quantitative estimate of drug-likeness (QED) is 0.912. The molecule has 1 N–H and O–H groups in total. The lowest BCUT2D eigenvalue weighted by molar-refractivity contribution is 0.599. The number of hydrogen-bond acceptors (Lipinski definition) is 6. The number of nitrogens with zero attached hydrogens (tertiary/aromatic N) is 3. The Bertz CT molecular complexity index is 637. The first kappa shape index (κ1) is 17.0. The van der Waals surface area contributed by atoms with E-state index in [2.05, 4.69) is 41.0 Å². The maximum Gasteiger partial charge on any atom is 0.152 e. The zero-order valence-corrected chi connectivity index (χ0v) is 14.9. The number of aromatic nitrogens is 2. The van der Waals surface area contributed by atoms with Crippen molar-refractivity contribution in [1.29, 1.82) is 0 Å². The molecule has 1 saturated heterocycles. The number of sulfone groups is 1. The summed E-state index contributed by atoms with van der Waals surface area (Å²) in [5, 5.41) is 3.35. The molecular formula is C15H26N4O2S. The minimum Gasteiger partial charge on any atom is -0.365 e. The van der Waals surface area contributed by atoms with Gasteiger partial charge in [0.05, 0.1) is 11.5 Å². The summed E-state index contributed by atoms with van der Waals surface area (Å²) >= 11 is 0. The predicted octanol–water partition coefficient (Wildman–Crippen LogP) is 2.01. The Morgan fingerprint density at radius 3 is 2.55 bits per heavy atom. The molecule has 7 heteroatoms. The number of anilines is 2. The molecule has 1 aromatic rings. The fourth-order valence-corrected chi connectivity index (χ4v) is 4.51. The molecule has 1 aromatic heterocycles. The van der Waals surface area contributed by atoms with Crippen LogP contribution in [-0.2, 0) is 9.84 Å². The number of nitrogens with one attached hydrogen (secondary N) is 1. The van der Waals surface area contributed by atoms with Gasteiger partial charge in [-0.25, -0.2) is 18.4 Å². The molecule has 0 radical (unpaired) electrons. The molecule has 0 bridgehead atoms. The SMILES string of the molecule is CCN(c1cc(NC(C)(C)C)nc(C)n1)C1CCS(=O)(=O)C1. The molecule has 2 rings (SSSR count). The normalized spacial score (nSPS) is 20.9. The van der Waals surface area contributed by atoms with Gasteiger partial charge in [0, 0.05) is 24.2 Å². The number of hydrogen-bond donors (Lipinski definition) is 1. The Morgan fingerprint density at radius 2 is 2.05 bits per heavy atom. The summed E-state index contributed by atoms with van der Waals surface area (Å²) < 4.78 is 23.5. The molecule has 1 atom stereocenters. The van der Waals surface area contributed by atoms with Crippen LogP contribution in [0.2, 0.25) is 0 Å². The number of aryl methyl sites for hydroxylation is 1. The van der Waals surface area contributed by atoms with E-state index in [1.54, 1.807) is 0 Å². The first-order valence-corrected chi connectivity index (χ1v) is 9.53. The summed E-state index contributed by atoms with van der Waals surface area (Å²) in [4.78, 5) is 11.0. The third kappa shape index (κ3) is 4.32. The summed E-state index contributed by atoms with van der Waals surface area (Å²) in [6.45, 7) is 10.8. The van der Waals surface area contributed by atoms with E-state index in [1.165, 1.54) is 0 Å². The van der Waals surface area contributed by atoms with E-state index in [1.807, 2.05) is 19.9 Å². The van der Waals surface area contributed by atoms with Crippen LogP contribution in [0.15, 0.2) is 6.07 Å². The van der Waals surface area contributed by atoms with Gasteiger partial charge in [0.1, 0.15) is 17.5 Å². The molecule has 6 nitrogen and oxygen atoms in total. The van der Waals surface area contributed by atoms with E-state index in [-0.39, 0.29) is 23.1 Å². The molecule has 0 amide bonds. The molecule has 0 aromatic carbocycles. The van der Waals surface area contributed by atoms with Crippen LogP contribution in [0, 0.1) is 6.92 Å². The third-order valence-electron chi connectivity index (χ3n) is 3.61. The highest BCUT2D eigenvalue weighted by atomic mass is 32.2. The second-order valence-corrected chi connectivity index (χ2v) is 9.11. The highest BCUT2D eigenvalue weighted by Crippen LogP contribution is 2.25. The Balaban J connectivity index is 2.29. The van der Waals surface area contributed by atoms with Crippen molar-refractivity contribution in [2.75, 3.05) is 28.3 Å². The Hall–Kier alpha value is -1.37. The lowest BCUT2D eigenvalue weighted by Crippen LogP contribution is -2.37. The fourth-order valence-electron chi connectivity index (χ4n) is 2.78. The van der Waals surface area contributed by atoms with E-state index < -0.39 is 9.84 Å². The Morgan fingerprint density at radius 1 is 1.36 bits per heavy atom. The predicted molar refractivity (Wildman–Crippen MR) is 90.2 cm³/mol. The van der Waals surface area contributed by atoms with Gasteiger partial charge in [-0.15, -0.1) is 0 Å². The maximum absolute atomic E-state index is 11.7. The molecule has 1 aliphatic rings. The van der Waals surface area contributed by atoms with Crippen LogP contribution in [0.1, 0.15) is 39.9 Å². The Kier molecular flexibility index (Phi) is 4.65. The second kappa shape index (κ2) is 6.02. The highest BCUT2D eigenvalue weighted by molar-refractivity contribution is 7.91. The monoisotopic (exact) mass is 326 g/mol. The Labute approximate surface area is 133 Å². The van der Waals surface area contributed by atoms with Crippen molar-refractivity contribution in [3.63, 3.8) is 0 Å². The van der Waals surface area contributed by atoms with Crippen LogP contribution in [0.3, 0.4) is 0 Å². The van der Waals surface area contributed by atoms with Gasteiger partial charge in [-0.1, -0.05) is 0 Å².